The molecular weight excluding hydrogens is 368 g/mol. The molecule has 2 heterocycles. The van der Waals surface area contributed by atoms with E-state index in [1.807, 2.05) is 28.9 Å². The smallest absolute Gasteiger partial charge is 0.243 e. The molecule has 0 N–H and O–H groups in total. The zero-order valence-electron chi connectivity index (χ0n) is 16.7. The summed E-state index contributed by atoms with van der Waals surface area (Å²) in [6.07, 6.45) is 4.30. The molecule has 2 amide bonds. The van der Waals surface area contributed by atoms with Gasteiger partial charge >= 0.3 is 0 Å². The van der Waals surface area contributed by atoms with Gasteiger partial charge in [0, 0.05) is 23.9 Å². The summed E-state index contributed by atoms with van der Waals surface area (Å²) in [4.78, 5) is 31.2. The lowest BCUT2D eigenvalue weighted by molar-refractivity contribution is -0.142. The highest BCUT2D eigenvalue weighted by molar-refractivity contribution is 7.10. The van der Waals surface area contributed by atoms with E-state index in [-0.39, 0.29) is 30.4 Å². The molecule has 4 rings (SSSR count). The Bertz CT molecular complexity index is 871. The third-order valence-corrected chi connectivity index (χ3v) is 6.84. The predicted molar refractivity (Wildman–Crippen MR) is 112 cm³/mol. The van der Waals surface area contributed by atoms with Crippen LogP contribution in [0, 0.1) is 6.92 Å². The van der Waals surface area contributed by atoms with E-state index in [4.69, 9.17) is 0 Å². The summed E-state index contributed by atoms with van der Waals surface area (Å²) in [6.45, 7) is 5.05. The van der Waals surface area contributed by atoms with Gasteiger partial charge in [-0.25, -0.2) is 0 Å². The van der Waals surface area contributed by atoms with Crippen LogP contribution in [0.4, 0.5) is 0 Å². The number of aryl methyl sites for hydroxylation is 1. The van der Waals surface area contributed by atoms with Gasteiger partial charge in [0.2, 0.25) is 11.8 Å². The van der Waals surface area contributed by atoms with Crippen molar-refractivity contribution in [1.29, 1.82) is 0 Å². The first-order valence-electron chi connectivity index (χ1n) is 10.3. The van der Waals surface area contributed by atoms with Gasteiger partial charge < -0.3 is 9.80 Å². The van der Waals surface area contributed by atoms with E-state index >= 15 is 0 Å². The number of hydrogen-bond acceptors (Lipinski definition) is 3. The van der Waals surface area contributed by atoms with Gasteiger partial charge in [-0.1, -0.05) is 31.2 Å². The summed E-state index contributed by atoms with van der Waals surface area (Å²) in [5.74, 6) is 0.195. The van der Waals surface area contributed by atoms with Crippen molar-refractivity contribution in [2.24, 2.45) is 0 Å². The topological polar surface area (TPSA) is 40.6 Å². The van der Waals surface area contributed by atoms with Crippen LogP contribution in [-0.2, 0) is 16.0 Å². The minimum absolute atomic E-state index is 0.0500. The van der Waals surface area contributed by atoms with Crippen LogP contribution in [0.1, 0.15) is 60.2 Å². The second-order valence-electron chi connectivity index (χ2n) is 7.90. The van der Waals surface area contributed by atoms with Crippen molar-refractivity contribution in [2.45, 2.75) is 58.0 Å². The zero-order chi connectivity index (χ0) is 19.7. The molecule has 4 nitrogen and oxygen atoms in total. The van der Waals surface area contributed by atoms with E-state index in [1.165, 1.54) is 21.6 Å². The van der Waals surface area contributed by atoms with Crippen LogP contribution >= 0.6 is 11.3 Å². The number of hydrogen-bond donors (Lipinski definition) is 0. The molecule has 0 unspecified atom stereocenters. The van der Waals surface area contributed by atoms with E-state index in [0.717, 1.165) is 25.7 Å². The van der Waals surface area contributed by atoms with Crippen molar-refractivity contribution in [3.63, 3.8) is 0 Å². The number of rotatable bonds is 6. The van der Waals surface area contributed by atoms with Crippen molar-refractivity contribution in [3.8, 4) is 0 Å². The summed E-state index contributed by atoms with van der Waals surface area (Å²) >= 11 is 1.78. The van der Waals surface area contributed by atoms with Crippen LogP contribution < -0.4 is 0 Å². The maximum atomic E-state index is 13.4. The highest BCUT2D eigenvalue weighted by Gasteiger charge is 2.38. The van der Waals surface area contributed by atoms with E-state index in [1.54, 1.807) is 11.3 Å². The Labute approximate surface area is 171 Å². The number of fused-ring (bicyclic) bond motifs is 1. The lowest BCUT2D eigenvalue weighted by Crippen LogP contribution is -2.47. The average Bonchev–Trinajstić information content (AvgIpc) is 3.41. The van der Waals surface area contributed by atoms with Crippen molar-refractivity contribution in [1.82, 2.24) is 9.80 Å². The van der Waals surface area contributed by atoms with Gasteiger partial charge in [0.05, 0.1) is 6.04 Å². The molecule has 2 aromatic rings. The maximum absolute atomic E-state index is 13.4. The molecule has 28 heavy (non-hydrogen) atoms. The SMILES string of the molecule is CCCC(=O)N(CC(=O)N1CCc2sccc2[C@H]1c1ccccc1C)C1CC1. The molecule has 0 saturated heterocycles. The quantitative estimate of drug-likeness (QED) is 0.729. The highest BCUT2D eigenvalue weighted by atomic mass is 32.1. The van der Waals surface area contributed by atoms with Crippen LogP contribution in [0.15, 0.2) is 35.7 Å². The summed E-state index contributed by atoms with van der Waals surface area (Å²) in [5, 5.41) is 2.13. The molecule has 1 aromatic carbocycles. The van der Waals surface area contributed by atoms with Crippen molar-refractivity contribution < 1.29 is 9.59 Å². The van der Waals surface area contributed by atoms with Crippen LogP contribution in [-0.4, -0.2) is 40.7 Å². The molecule has 1 aromatic heterocycles. The third-order valence-electron chi connectivity index (χ3n) is 5.85. The molecule has 2 aliphatic rings. The van der Waals surface area contributed by atoms with Gasteiger partial charge in [-0.3, -0.25) is 9.59 Å². The van der Waals surface area contributed by atoms with Gasteiger partial charge in [0.1, 0.15) is 6.54 Å². The average molecular weight is 397 g/mol. The minimum atomic E-state index is -0.0500. The maximum Gasteiger partial charge on any atom is 0.243 e. The third kappa shape index (κ3) is 3.72. The summed E-state index contributed by atoms with van der Waals surface area (Å²) in [6, 6.07) is 10.7. The van der Waals surface area contributed by atoms with Gasteiger partial charge in [-0.05, 0) is 60.7 Å². The fraction of sp³-hybridized carbons (Fsp3) is 0.478. The molecule has 5 heteroatoms. The second kappa shape index (κ2) is 8.08. The fourth-order valence-corrected chi connectivity index (χ4v) is 5.12. The summed E-state index contributed by atoms with van der Waals surface area (Å²) < 4.78 is 0. The van der Waals surface area contributed by atoms with E-state index in [2.05, 4.69) is 30.5 Å². The van der Waals surface area contributed by atoms with Crippen molar-refractivity contribution >= 4 is 23.2 Å². The van der Waals surface area contributed by atoms with Crippen LogP contribution in [0.3, 0.4) is 0 Å². The Morgan fingerprint density at radius 2 is 1.96 bits per heavy atom. The zero-order valence-corrected chi connectivity index (χ0v) is 17.5. The van der Waals surface area contributed by atoms with E-state index < -0.39 is 0 Å². The van der Waals surface area contributed by atoms with Crippen LogP contribution in [0.5, 0.6) is 0 Å². The first kappa shape index (κ1) is 19.2. The molecule has 0 spiro atoms. The second-order valence-corrected chi connectivity index (χ2v) is 8.90. The minimum Gasteiger partial charge on any atom is -0.330 e. The van der Waals surface area contributed by atoms with Gasteiger partial charge in [0.15, 0.2) is 0 Å². The van der Waals surface area contributed by atoms with Crippen molar-refractivity contribution in [3.05, 3.63) is 57.3 Å². The Kier molecular flexibility index (Phi) is 5.54. The lowest BCUT2D eigenvalue weighted by Gasteiger charge is -2.38. The van der Waals surface area contributed by atoms with Crippen LogP contribution in [0.2, 0.25) is 0 Å². The number of thiophene rings is 1. The number of amides is 2. The monoisotopic (exact) mass is 396 g/mol. The first-order valence-corrected chi connectivity index (χ1v) is 11.2. The predicted octanol–water partition coefficient (Wildman–Crippen LogP) is 4.32. The van der Waals surface area contributed by atoms with Crippen molar-refractivity contribution in [2.75, 3.05) is 13.1 Å². The number of nitrogens with zero attached hydrogens (tertiary/aromatic N) is 2. The number of carbonyl (C=O) groups is 2. The largest absolute Gasteiger partial charge is 0.330 e. The molecule has 1 aliphatic carbocycles. The standard InChI is InChI=1S/C23H28N2O2S/c1-3-6-21(26)25(17-9-10-17)15-22(27)24-13-11-20-19(12-14-28-20)23(24)18-8-5-4-7-16(18)2/h4-5,7-8,12,14,17,23H,3,6,9-11,13,15H2,1-2H3/t23-/m1/s1. The normalized spacial score (nSPS) is 18.6. The van der Waals surface area contributed by atoms with Gasteiger partial charge in [-0.2, -0.15) is 0 Å². The molecule has 1 saturated carbocycles. The Morgan fingerprint density at radius 1 is 1.18 bits per heavy atom. The summed E-state index contributed by atoms with van der Waals surface area (Å²) in [5.41, 5.74) is 3.63. The Balaban J connectivity index is 1.62. The van der Waals surface area contributed by atoms with E-state index in [9.17, 15) is 9.59 Å². The number of benzene rings is 1. The van der Waals surface area contributed by atoms with Gasteiger partial charge in [-0.15, -0.1) is 11.3 Å². The lowest BCUT2D eigenvalue weighted by atomic mass is 9.90. The molecule has 0 bridgehead atoms. The van der Waals surface area contributed by atoms with E-state index in [0.29, 0.717) is 13.0 Å². The summed E-state index contributed by atoms with van der Waals surface area (Å²) in [7, 11) is 0. The Morgan fingerprint density at radius 3 is 2.68 bits per heavy atom. The molecule has 148 valence electrons. The van der Waals surface area contributed by atoms with Crippen LogP contribution in [0.25, 0.3) is 0 Å². The molecule has 1 fully saturated rings. The fourth-order valence-electron chi connectivity index (χ4n) is 4.22. The molecular formula is C23H28N2O2S. The first-order chi connectivity index (χ1) is 13.6. The molecule has 0 radical (unpaired) electrons. The Hall–Kier alpha value is -2.14. The number of carbonyl (C=O) groups excluding carboxylic acids is 2. The van der Waals surface area contributed by atoms with Gasteiger partial charge in [0.25, 0.3) is 0 Å². The molecule has 1 atom stereocenters. The highest BCUT2D eigenvalue weighted by Crippen LogP contribution is 2.39. The molecule has 1 aliphatic heterocycles.